The van der Waals surface area contributed by atoms with Crippen molar-refractivity contribution in [2.24, 2.45) is 5.73 Å². The van der Waals surface area contributed by atoms with Gasteiger partial charge in [-0.25, -0.2) is 0 Å². The molecule has 2 heteroatoms. The number of nitrogens with two attached hydrogens (primary N) is 1. The van der Waals surface area contributed by atoms with Crippen LogP contribution in [0.1, 0.15) is 24.1 Å². The molecule has 0 spiro atoms. The standard InChI is InChI=1S/C11H18N2/c1-8-6-5-7-10(13(3)4)11(8)9(2)12/h5-7,9H,12H2,1-4H3. The predicted molar refractivity (Wildman–Crippen MR) is 58.1 cm³/mol. The Morgan fingerprint density at radius 2 is 1.92 bits per heavy atom. The number of nitrogens with zero attached hydrogens (tertiary/aromatic N) is 1. The summed E-state index contributed by atoms with van der Waals surface area (Å²) < 4.78 is 0. The molecule has 1 aromatic carbocycles. The molecule has 0 heterocycles. The van der Waals surface area contributed by atoms with Crippen molar-refractivity contribution in [3.63, 3.8) is 0 Å². The van der Waals surface area contributed by atoms with Gasteiger partial charge in [-0.15, -0.1) is 0 Å². The smallest absolute Gasteiger partial charge is 0.0412 e. The van der Waals surface area contributed by atoms with Crippen LogP contribution >= 0.6 is 0 Å². The van der Waals surface area contributed by atoms with Gasteiger partial charge in [-0.1, -0.05) is 12.1 Å². The van der Waals surface area contributed by atoms with Crippen LogP contribution in [0.25, 0.3) is 0 Å². The fourth-order valence-corrected chi connectivity index (χ4v) is 1.65. The third-order valence-corrected chi connectivity index (χ3v) is 2.24. The number of hydrogen-bond donors (Lipinski definition) is 1. The van der Waals surface area contributed by atoms with Crippen molar-refractivity contribution < 1.29 is 0 Å². The fourth-order valence-electron chi connectivity index (χ4n) is 1.65. The van der Waals surface area contributed by atoms with Crippen LogP contribution in [0, 0.1) is 6.92 Å². The molecule has 0 radical (unpaired) electrons. The van der Waals surface area contributed by atoms with Gasteiger partial charge >= 0.3 is 0 Å². The summed E-state index contributed by atoms with van der Waals surface area (Å²) in [5, 5.41) is 0. The second kappa shape index (κ2) is 3.79. The molecule has 0 fully saturated rings. The molecule has 0 aromatic heterocycles. The van der Waals surface area contributed by atoms with Crippen molar-refractivity contribution in [2.45, 2.75) is 19.9 Å². The Hall–Kier alpha value is -1.02. The number of rotatable bonds is 2. The van der Waals surface area contributed by atoms with Crippen molar-refractivity contribution in [1.29, 1.82) is 0 Å². The minimum absolute atomic E-state index is 0.0959. The average molecular weight is 178 g/mol. The van der Waals surface area contributed by atoms with Crippen LogP contribution in [0.5, 0.6) is 0 Å². The molecule has 0 amide bonds. The Morgan fingerprint density at radius 1 is 1.31 bits per heavy atom. The molecular formula is C11H18N2. The highest BCUT2D eigenvalue weighted by Crippen LogP contribution is 2.26. The Balaban J connectivity index is 3.26. The van der Waals surface area contributed by atoms with E-state index in [1.54, 1.807) is 0 Å². The van der Waals surface area contributed by atoms with E-state index in [4.69, 9.17) is 5.73 Å². The first kappa shape index (κ1) is 10.1. The average Bonchev–Trinajstić information content (AvgIpc) is 2.02. The van der Waals surface area contributed by atoms with Gasteiger partial charge in [0.2, 0.25) is 0 Å². The van der Waals surface area contributed by atoms with E-state index >= 15 is 0 Å². The number of hydrogen-bond acceptors (Lipinski definition) is 2. The van der Waals surface area contributed by atoms with Gasteiger partial charge in [-0.2, -0.15) is 0 Å². The first-order valence-electron chi connectivity index (χ1n) is 4.56. The number of aryl methyl sites for hydroxylation is 1. The van der Waals surface area contributed by atoms with Crippen LogP contribution in [0.4, 0.5) is 5.69 Å². The molecule has 0 aliphatic heterocycles. The molecule has 1 aromatic rings. The lowest BCUT2D eigenvalue weighted by Gasteiger charge is -2.21. The second-order valence-electron chi connectivity index (χ2n) is 3.69. The van der Waals surface area contributed by atoms with Gasteiger partial charge < -0.3 is 10.6 Å². The summed E-state index contributed by atoms with van der Waals surface area (Å²) in [6, 6.07) is 6.37. The Morgan fingerprint density at radius 3 is 2.31 bits per heavy atom. The van der Waals surface area contributed by atoms with Crippen LogP contribution in [0.15, 0.2) is 18.2 Å². The Bertz CT molecular complexity index is 290. The zero-order valence-electron chi connectivity index (χ0n) is 8.83. The summed E-state index contributed by atoms with van der Waals surface area (Å²) >= 11 is 0. The summed E-state index contributed by atoms with van der Waals surface area (Å²) in [5.74, 6) is 0. The van der Waals surface area contributed by atoms with Crippen LogP contribution in [0.3, 0.4) is 0 Å². The van der Waals surface area contributed by atoms with Gasteiger partial charge in [0, 0.05) is 25.8 Å². The summed E-state index contributed by atoms with van der Waals surface area (Å²) in [7, 11) is 4.08. The summed E-state index contributed by atoms with van der Waals surface area (Å²) in [5.41, 5.74) is 9.65. The minimum Gasteiger partial charge on any atom is -0.377 e. The summed E-state index contributed by atoms with van der Waals surface area (Å²) in [6.45, 7) is 4.13. The van der Waals surface area contributed by atoms with Gasteiger partial charge in [-0.3, -0.25) is 0 Å². The van der Waals surface area contributed by atoms with Crippen LogP contribution in [-0.4, -0.2) is 14.1 Å². The zero-order valence-corrected chi connectivity index (χ0v) is 8.83. The second-order valence-corrected chi connectivity index (χ2v) is 3.69. The third kappa shape index (κ3) is 2.01. The summed E-state index contributed by atoms with van der Waals surface area (Å²) in [6.07, 6.45) is 0. The fraction of sp³-hybridized carbons (Fsp3) is 0.455. The lowest BCUT2D eigenvalue weighted by atomic mass is 10.0. The molecule has 13 heavy (non-hydrogen) atoms. The zero-order chi connectivity index (χ0) is 10.0. The van der Waals surface area contributed by atoms with E-state index in [-0.39, 0.29) is 6.04 Å². The molecule has 0 saturated heterocycles. The largest absolute Gasteiger partial charge is 0.377 e. The molecule has 0 bridgehead atoms. The SMILES string of the molecule is Cc1cccc(N(C)C)c1C(C)N. The minimum atomic E-state index is 0.0959. The molecule has 1 atom stereocenters. The van der Waals surface area contributed by atoms with E-state index in [0.29, 0.717) is 0 Å². The van der Waals surface area contributed by atoms with E-state index in [1.165, 1.54) is 16.8 Å². The van der Waals surface area contributed by atoms with Crippen molar-refractivity contribution in [3.8, 4) is 0 Å². The first-order chi connectivity index (χ1) is 6.04. The normalized spacial score (nSPS) is 12.7. The van der Waals surface area contributed by atoms with Crippen molar-refractivity contribution in [1.82, 2.24) is 0 Å². The molecule has 0 aliphatic carbocycles. The van der Waals surface area contributed by atoms with E-state index < -0.39 is 0 Å². The van der Waals surface area contributed by atoms with E-state index in [1.807, 2.05) is 21.0 Å². The Labute approximate surface area is 80.4 Å². The van der Waals surface area contributed by atoms with Crippen molar-refractivity contribution in [2.75, 3.05) is 19.0 Å². The van der Waals surface area contributed by atoms with Gasteiger partial charge in [0.05, 0.1) is 0 Å². The Kier molecular flexibility index (Phi) is 2.94. The third-order valence-electron chi connectivity index (χ3n) is 2.24. The molecule has 72 valence electrons. The topological polar surface area (TPSA) is 29.3 Å². The highest BCUT2D eigenvalue weighted by Gasteiger charge is 2.10. The quantitative estimate of drug-likeness (QED) is 0.751. The maximum Gasteiger partial charge on any atom is 0.0412 e. The monoisotopic (exact) mass is 178 g/mol. The predicted octanol–water partition coefficient (Wildman–Crippen LogP) is 2.08. The van der Waals surface area contributed by atoms with Crippen LogP contribution in [0.2, 0.25) is 0 Å². The van der Waals surface area contributed by atoms with Gasteiger partial charge in [0.25, 0.3) is 0 Å². The molecular weight excluding hydrogens is 160 g/mol. The van der Waals surface area contributed by atoms with E-state index in [9.17, 15) is 0 Å². The van der Waals surface area contributed by atoms with Gasteiger partial charge in [0.15, 0.2) is 0 Å². The summed E-state index contributed by atoms with van der Waals surface area (Å²) in [4.78, 5) is 2.10. The molecule has 0 saturated carbocycles. The molecule has 2 N–H and O–H groups in total. The maximum absolute atomic E-state index is 5.93. The van der Waals surface area contributed by atoms with Crippen molar-refractivity contribution >= 4 is 5.69 Å². The van der Waals surface area contributed by atoms with Gasteiger partial charge in [-0.05, 0) is 31.0 Å². The van der Waals surface area contributed by atoms with Crippen LogP contribution in [-0.2, 0) is 0 Å². The highest BCUT2D eigenvalue weighted by molar-refractivity contribution is 5.56. The number of anilines is 1. The van der Waals surface area contributed by atoms with Crippen LogP contribution < -0.4 is 10.6 Å². The van der Waals surface area contributed by atoms with E-state index in [2.05, 4.69) is 30.0 Å². The molecule has 0 aliphatic rings. The lowest BCUT2D eigenvalue weighted by molar-refractivity contribution is 0.805. The van der Waals surface area contributed by atoms with E-state index in [0.717, 1.165) is 0 Å². The first-order valence-corrected chi connectivity index (χ1v) is 4.56. The van der Waals surface area contributed by atoms with Crippen molar-refractivity contribution in [3.05, 3.63) is 29.3 Å². The highest BCUT2D eigenvalue weighted by atomic mass is 15.1. The lowest BCUT2D eigenvalue weighted by Crippen LogP contribution is -2.16. The number of benzene rings is 1. The molecule has 1 rings (SSSR count). The maximum atomic E-state index is 5.93. The van der Waals surface area contributed by atoms with Gasteiger partial charge in [0.1, 0.15) is 0 Å². The molecule has 2 nitrogen and oxygen atoms in total. The molecule has 1 unspecified atom stereocenters.